The summed E-state index contributed by atoms with van der Waals surface area (Å²) in [5, 5.41) is 3.87. The van der Waals surface area contributed by atoms with E-state index < -0.39 is 22.5 Å². The van der Waals surface area contributed by atoms with E-state index in [1.54, 1.807) is 26.0 Å². The van der Waals surface area contributed by atoms with Gasteiger partial charge >= 0.3 is 0 Å². The van der Waals surface area contributed by atoms with Gasteiger partial charge in [-0.1, -0.05) is 6.07 Å². The Balaban J connectivity index is 2.56. The van der Waals surface area contributed by atoms with Crippen molar-refractivity contribution >= 4 is 27.3 Å². The van der Waals surface area contributed by atoms with Crippen LogP contribution in [0.4, 0.5) is 5.69 Å². The van der Waals surface area contributed by atoms with Crippen LogP contribution in [0.3, 0.4) is 0 Å². The third kappa shape index (κ3) is 5.50. The molecule has 0 atom stereocenters. The van der Waals surface area contributed by atoms with Crippen molar-refractivity contribution in [3.8, 4) is 11.5 Å². The Hall–Kier alpha value is -3.07. The molecular formula is C21H27N3O5S. The zero-order valence-corrected chi connectivity index (χ0v) is 18.8. The van der Waals surface area contributed by atoms with Crippen LogP contribution in [0.25, 0.3) is 0 Å². The van der Waals surface area contributed by atoms with E-state index in [0.717, 1.165) is 15.4 Å². The molecule has 9 heteroatoms. The van der Waals surface area contributed by atoms with Gasteiger partial charge in [0.15, 0.2) is 11.5 Å². The third-order valence-corrected chi connectivity index (χ3v) is 5.90. The van der Waals surface area contributed by atoms with E-state index in [1.807, 2.05) is 19.9 Å². The van der Waals surface area contributed by atoms with Gasteiger partial charge in [0.05, 0.1) is 24.8 Å². The molecule has 0 heterocycles. The number of hydrazone groups is 1. The molecule has 0 aromatic heterocycles. The zero-order valence-electron chi connectivity index (χ0n) is 18.0. The SMILES string of the molecule is COc1ccc(S(=O)(=O)N(CC(=O)NN=C(C)C)c2cc(C)cc(C)c2)cc1OC. The van der Waals surface area contributed by atoms with Crippen LogP contribution in [-0.2, 0) is 14.8 Å². The molecule has 0 spiro atoms. The predicted molar refractivity (Wildman–Crippen MR) is 117 cm³/mol. The maximum absolute atomic E-state index is 13.5. The largest absolute Gasteiger partial charge is 0.493 e. The first kappa shape index (κ1) is 23.2. The number of methoxy groups -OCH3 is 2. The Bertz CT molecular complexity index is 1040. The number of aryl methyl sites for hydroxylation is 2. The number of ether oxygens (including phenoxy) is 2. The number of carbonyl (C=O) groups is 1. The summed E-state index contributed by atoms with van der Waals surface area (Å²) in [6.07, 6.45) is 0. The van der Waals surface area contributed by atoms with Crippen LogP contribution in [-0.4, -0.2) is 40.8 Å². The van der Waals surface area contributed by atoms with E-state index in [0.29, 0.717) is 17.1 Å². The maximum atomic E-state index is 13.5. The zero-order chi connectivity index (χ0) is 22.5. The third-order valence-electron chi connectivity index (χ3n) is 4.13. The molecule has 0 aliphatic heterocycles. The van der Waals surface area contributed by atoms with Crippen molar-refractivity contribution in [2.45, 2.75) is 32.6 Å². The number of carbonyl (C=O) groups excluding carboxylic acids is 1. The van der Waals surface area contributed by atoms with Gasteiger partial charge < -0.3 is 9.47 Å². The Morgan fingerprint density at radius 1 is 1.00 bits per heavy atom. The molecule has 1 N–H and O–H groups in total. The fourth-order valence-corrected chi connectivity index (χ4v) is 4.27. The first-order chi connectivity index (χ1) is 14.1. The van der Waals surface area contributed by atoms with Crippen LogP contribution in [0.5, 0.6) is 11.5 Å². The summed E-state index contributed by atoms with van der Waals surface area (Å²) in [7, 11) is -1.20. The highest BCUT2D eigenvalue weighted by atomic mass is 32.2. The van der Waals surface area contributed by atoms with Crippen molar-refractivity contribution < 1.29 is 22.7 Å². The predicted octanol–water partition coefficient (Wildman–Crippen LogP) is 3.03. The van der Waals surface area contributed by atoms with Crippen LogP contribution >= 0.6 is 0 Å². The Morgan fingerprint density at radius 3 is 2.13 bits per heavy atom. The van der Waals surface area contributed by atoms with E-state index in [4.69, 9.17) is 9.47 Å². The van der Waals surface area contributed by atoms with Gasteiger partial charge in [-0.15, -0.1) is 0 Å². The second-order valence-electron chi connectivity index (χ2n) is 6.97. The first-order valence-electron chi connectivity index (χ1n) is 9.21. The second kappa shape index (κ2) is 9.62. The molecular weight excluding hydrogens is 406 g/mol. The average molecular weight is 434 g/mol. The van der Waals surface area contributed by atoms with Crippen molar-refractivity contribution in [1.29, 1.82) is 0 Å². The highest BCUT2D eigenvalue weighted by Crippen LogP contribution is 2.32. The van der Waals surface area contributed by atoms with E-state index in [9.17, 15) is 13.2 Å². The lowest BCUT2D eigenvalue weighted by molar-refractivity contribution is -0.119. The number of nitrogens with zero attached hydrogens (tertiary/aromatic N) is 2. The fraction of sp³-hybridized carbons (Fsp3) is 0.333. The van der Waals surface area contributed by atoms with Crippen LogP contribution in [0.15, 0.2) is 46.4 Å². The van der Waals surface area contributed by atoms with E-state index >= 15 is 0 Å². The number of benzene rings is 2. The fourth-order valence-electron chi connectivity index (χ4n) is 2.85. The summed E-state index contributed by atoms with van der Waals surface area (Å²) in [6.45, 7) is 6.74. The highest BCUT2D eigenvalue weighted by Gasteiger charge is 2.28. The number of nitrogens with one attached hydrogen (secondary N) is 1. The monoisotopic (exact) mass is 433 g/mol. The van der Waals surface area contributed by atoms with Crippen LogP contribution in [0.2, 0.25) is 0 Å². The number of rotatable bonds is 8. The van der Waals surface area contributed by atoms with E-state index in [2.05, 4.69) is 10.5 Å². The van der Waals surface area contributed by atoms with E-state index in [1.165, 1.54) is 32.4 Å². The number of amides is 1. The summed E-state index contributed by atoms with van der Waals surface area (Å²) in [5.41, 5.74) is 5.15. The second-order valence-corrected chi connectivity index (χ2v) is 8.83. The summed E-state index contributed by atoms with van der Waals surface area (Å²) in [4.78, 5) is 12.4. The first-order valence-corrected chi connectivity index (χ1v) is 10.6. The van der Waals surface area contributed by atoms with Crippen LogP contribution in [0.1, 0.15) is 25.0 Å². The minimum absolute atomic E-state index is 0.0257. The van der Waals surface area contributed by atoms with Gasteiger partial charge in [-0.2, -0.15) is 5.10 Å². The van der Waals surface area contributed by atoms with Gasteiger partial charge in [-0.25, -0.2) is 13.8 Å². The van der Waals surface area contributed by atoms with E-state index in [-0.39, 0.29) is 10.6 Å². The molecule has 1 amide bonds. The number of hydrogen-bond donors (Lipinski definition) is 1. The molecule has 8 nitrogen and oxygen atoms in total. The van der Waals surface area contributed by atoms with Gasteiger partial charge in [0.25, 0.3) is 15.9 Å². The molecule has 2 aromatic rings. The van der Waals surface area contributed by atoms with Gasteiger partial charge in [-0.3, -0.25) is 9.10 Å². The van der Waals surface area contributed by atoms with Gasteiger partial charge in [0.1, 0.15) is 6.54 Å². The molecule has 0 fully saturated rings. The lowest BCUT2D eigenvalue weighted by atomic mass is 10.1. The molecule has 0 unspecified atom stereocenters. The lowest BCUT2D eigenvalue weighted by Crippen LogP contribution is -2.39. The van der Waals surface area contributed by atoms with Crippen molar-refractivity contribution in [3.63, 3.8) is 0 Å². The van der Waals surface area contributed by atoms with Crippen molar-refractivity contribution in [3.05, 3.63) is 47.5 Å². The molecule has 0 saturated heterocycles. The maximum Gasteiger partial charge on any atom is 0.264 e. The van der Waals surface area contributed by atoms with Gasteiger partial charge in [0, 0.05) is 11.8 Å². The molecule has 0 radical (unpaired) electrons. The normalized spacial score (nSPS) is 10.9. The standard InChI is InChI=1S/C21H27N3O5S/c1-14(2)22-23-21(25)13-24(17-10-15(3)9-16(4)11-17)30(26,27)18-7-8-19(28-5)20(12-18)29-6/h7-12H,13H2,1-6H3,(H,23,25). The topological polar surface area (TPSA) is 97.3 Å². The van der Waals surface area contributed by atoms with Gasteiger partial charge in [0.2, 0.25) is 0 Å². The molecule has 30 heavy (non-hydrogen) atoms. The molecule has 0 aliphatic rings. The Labute approximate surface area is 177 Å². The lowest BCUT2D eigenvalue weighted by Gasteiger charge is -2.25. The number of hydrogen-bond acceptors (Lipinski definition) is 6. The van der Waals surface area contributed by atoms with Gasteiger partial charge in [-0.05, 0) is 63.1 Å². The Kier molecular flexibility index (Phi) is 7.44. The molecule has 2 rings (SSSR count). The van der Waals surface area contributed by atoms with Crippen LogP contribution < -0.4 is 19.2 Å². The Morgan fingerprint density at radius 2 is 1.60 bits per heavy atom. The molecule has 0 bridgehead atoms. The average Bonchev–Trinajstić information content (AvgIpc) is 2.68. The van der Waals surface area contributed by atoms with Crippen LogP contribution in [0, 0.1) is 13.8 Å². The van der Waals surface area contributed by atoms with Crippen molar-refractivity contribution in [2.24, 2.45) is 5.10 Å². The summed E-state index contributed by atoms with van der Waals surface area (Å²) in [5.74, 6) is 0.119. The highest BCUT2D eigenvalue weighted by molar-refractivity contribution is 7.92. The number of sulfonamides is 1. The molecule has 0 aliphatic carbocycles. The minimum atomic E-state index is -4.09. The quantitative estimate of drug-likeness (QED) is 0.510. The van der Waals surface area contributed by atoms with Crippen molar-refractivity contribution in [1.82, 2.24) is 5.43 Å². The molecule has 0 saturated carbocycles. The molecule has 2 aromatic carbocycles. The smallest absolute Gasteiger partial charge is 0.264 e. The minimum Gasteiger partial charge on any atom is -0.493 e. The summed E-state index contributed by atoms with van der Waals surface area (Å²) >= 11 is 0. The summed E-state index contributed by atoms with van der Waals surface area (Å²) < 4.78 is 38.5. The number of anilines is 1. The summed E-state index contributed by atoms with van der Waals surface area (Å²) in [6, 6.07) is 9.65. The van der Waals surface area contributed by atoms with Crippen molar-refractivity contribution in [2.75, 3.05) is 25.1 Å². The molecule has 162 valence electrons.